The second kappa shape index (κ2) is 5.24. The summed E-state index contributed by atoms with van der Waals surface area (Å²) in [7, 11) is 0. The van der Waals surface area contributed by atoms with E-state index in [4.69, 9.17) is 10.00 Å². The van der Waals surface area contributed by atoms with Crippen molar-refractivity contribution in [3.05, 3.63) is 33.9 Å². The molecular formula is C13H15N3O3. The maximum atomic E-state index is 10.7. The number of nitrogens with one attached hydrogen (secondary N) is 1. The van der Waals surface area contributed by atoms with Crippen molar-refractivity contribution in [2.45, 2.75) is 25.4 Å². The van der Waals surface area contributed by atoms with Crippen molar-refractivity contribution >= 4 is 11.4 Å². The number of hydrogen-bond acceptors (Lipinski definition) is 5. The number of ether oxygens (including phenoxy) is 1. The van der Waals surface area contributed by atoms with E-state index in [-0.39, 0.29) is 16.9 Å². The third kappa shape index (κ3) is 3.01. The number of anilines is 1. The number of hydrogen-bond donors (Lipinski definition) is 1. The van der Waals surface area contributed by atoms with Crippen LogP contribution in [0.3, 0.4) is 0 Å². The van der Waals surface area contributed by atoms with E-state index in [1.165, 1.54) is 12.1 Å². The number of nitriles is 1. The van der Waals surface area contributed by atoms with Gasteiger partial charge in [0.15, 0.2) is 0 Å². The molecule has 1 aliphatic heterocycles. The highest BCUT2D eigenvalue weighted by molar-refractivity contribution is 5.58. The normalized spacial score (nSPS) is 21.9. The third-order valence-electron chi connectivity index (χ3n) is 3.28. The molecule has 1 saturated heterocycles. The third-order valence-corrected chi connectivity index (χ3v) is 3.28. The monoisotopic (exact) mass is 261 g/mol. The number of rotatable bonds is 4. The Morgan fingerprint density at radius 2 is 2.42 bits per heavy atom. The van der Waals surface area contributed by atoms with Crippen LogP contribution in [0, 0.1) is 21.4 Å². The van der Waals surface area contributed by atoms with Crippen LogP contribution in [0.25, 0.3) is 0 Å². The number of nitro groups is 1. The molecule has 6 heteroatoms. The van der Waals surface area contributed by atoms with Gasteiger partial charge in [-0.05, 0) is 31.9 Å². The van der Waals surface area contributed by atoms with E-state index in [1.54, 1.807) is 6.07 Å². The fourth-order valence-corrected chi connectivity index (χ4v) is 2.16. The average molecular weight is 261 g/mol. The fraction of sp³-hybridized carbons (Fsp3) is 0.462. The van der Waals surface area contributed by atoms with Crippen LogP contribution < -0.4 is 5.32 Å². The van der Waals surface area contributed by atoms with Gasteiger partial charge in [0.2, 0.25) is 0 Å². The molecule has 0 spiro atoms. The number of nitrogens with zero attached hydrogens (tertiary/aromatic N) is 2. The molecule has 2 rings (SSSR count). The summed E-state index contributed by atoms with van der Waals surface area (Å²) in [5.74, 6) is 0. The number of benzene rings is 1. The van der Waals surface area contributed by atoms with Gasteiger partial charge in [-0.15, -0.1) is 0 Å². The SMILES string of the molecule is CC1(CNc2ccc([N+](=O)[O-])c(C#N)c2)CCCO1. The van der Waals surface area contributed by atoms with Gasteiger partial charge in [0.05, 0.1) is 10.5 Å². The Balaban J connectivity index is 2.09. The van der Waals surface area contributed by atoms with Crippen molar-refractivity contribution in [1.82, 2.24) is 0 Å². The highest BCUT2D eigenvalue weighted by Gasteiger charge is 2.29. The number of nitro benzene ring substituents is 1. The first-order valence-corrected chi connectivity index (χ1v) is 6.10. The molecule has 1 heterocycles. The zero-order valence-electron chi connectivity index (χ0n) is 10.7. The Bertz CT molecular complexity index is 530. The summed E-state index contributed by atoms with van der Waals surface area (Å²) in [6, 6.07) is 6.29. The van der Waals surface area contributed by atoms with Crippen LogP contribution in [-0.2, 0) is 4.74 Å². The van der Waals surface area contributed by atoms with Crippen molar-refractivity contribution in [3.63, 3.8) is 0 Å². The van der Waals surface area contributed by atoms with E-state index < -0.39 is 4.92 Å². The van der Waals surface area contributed by atoms with E-state index in [2.05, 4.69) is 5.32 Å². The quantitative estimate of drug-likeness (QED) is 0.664. The van der Waals surface area contributed by atoms with Gasteiger partial charge in [0.25, 0.3) is 5.69 Å². The maximum absolute atomic E-state index is 10.7. The van der Waals surface area contributed by atoms with Crippen LogP contribution in [0.2, 0.25) is 0 Å². The van der Waals surface area contributed by atoms with Crippen LogP contribution in [0.1, 0.15) is 25.3 Å². The van der Waals surface area contributed by atoms with Crippen LogP contribution in [0.15, 0.2) is 18.2 Å². The highest BCUT2D eigenvalue weighted by Crippen LogP contribution is 2.27. The minimum absolute atomic E-state index is 0.0625. The molecular weight excluding hydrogens is 246 g/mol. The first-order valence-electron chi connectivity index (χ1n) is 6.10. The lowest BCUT2D eigenvalue weighted by atomic mass is 10.0. The second-order valence-electron chi connectivity index (χ2n) is 4.86. The molecule has 1 aliphatic rings. The van der Waals surface area contributed by atoms with Gasteiger partial charge in [-0.25, -0.2) is 0 Å². The smallest absolute Gasteiger partial charge is 0.287 e. The maximum Gasteiger partial charge on any atom is 0.287 e. The van der Waals surface area contributed by atoms with Crippen molar-refractivity contribution in [1.29, 1.82) is 5.26 Å². The topological polar surface area (TPSA) is 88.2 Å². The molecule has 1 fully saturated rings. The second-order valence-corrected chi connectivity index (χ2v) is 4.86. The summed E-state index contributed by atoms with van der Waals surface area (Å²) in [5, 5.41) is 22.8. The summed E-state index contributed by atoms with van der Waals surface area (Å²) in [6.07, 6.45) is 2.03. The van der Waals surface area contributed by atoms with E-state index in [0.29, 0.717) is 12.2 Å². The minimum Gasteiger partial charge on any atom is -0.382 e. The molecule has 100 valence electrons. The summed E-state index contributed by atoms with van der Waals surface area (Å²) in [6.45, 7) is 3.42. The summed E-state index contributed by atoms with van der Waals surface area (Å²) in [5.41, 5.74) is 0.386. The zero-order chi connectivity index (χ0) is 13.9. The van der Waals surface area contributed by atoms with Crippen LogP contribution in [0.4, 0.5) is 11.4 Å². The standard InChI is InChI=1S/C13H15N3O3/c1-13(5-2-6-19-13)9-15-11-3-4-12(16(17)18)10(7-11)8-14/h3-4,7,15H,2,5-6,9H2,1H3. The predicted octanol–water partition coefficient (Wildman–Crippen LogP) is 2.45. The molecule has 19 heavy (non-hydrogen) atoms. The lowest BCUT2D eigenvalue weighted by molar-refractivity contribution is -0.385. The molecule has 0 saturated carbocycles. The molecule has 1 unspecified atom stereocenters. The van der Waals surface area contributed by atoms with Gasteiger partial charge in [-0.1, -0.05) is 0 Å². The van der Waals surface area contributed by atoms with Crippen LogP contribution in [-0.4, -0.2) is 23.7 Å². The Kier molecular flexibility index (Phi) is 3.67. The molecule has 1 N–H and O–H groups in total. The van der Waals surface area contributed by atoms with Crippen LogP contribution in [0.5, 0.6) is 0 Å². The lowest BCUT2D eigenvalue weighted by Crippen LogP contribution is -2.32. The van der Waals surface area contributed by atoms with Gasteiger partial charge in [-0.3, -0.25) is 10.1 Å². The Labute approximate surface area is 111 Å². The van der Waals surface area contributed by atoms with E-state index in [9.17, 15) is 10.1 Å². The van der Waals surface area contributed by atoms with Crippen molar-refractivity contribution < 1.29 is 9.66 Å². The summed E-state index contributed by atoms with van der Waals surface area (Å²) < 4.78 is 5.64. The fourth-order valence-electron chi connectivity index (χ4n) is 2.16. The molecule has 1 atom stereocenters. The van der Waals surface area contributed by atoms with Gasteiger partial charge in [0, 0.05) is 24.9 Å². The zero-order valence-corrected chi connectivity index (χ0v) is 10.7. The molecule has 6 nitrogen and oxygen atoms in total. The van der Waals surface area contributed by atoms with E-state index in [1.807, 2.05) is 13.0 Å². The highest BCUT2D eigenvalue weighted by atomic mass is 16.6. The van der Waals surface area contributed by atoms with Crippen molar-refractivity contribution in [2.24, 2.45) is 0 Å². The van der Waals surface area contributed by atoms with E-state index >= 15 is 0 Å². The molecule has 1 aromatic rings. The Morgan fingerprint density at radius 3 is 3.00 bits per heavy atom. The lowest BCUT2D eigenvalue weighted by Gasteiger charge is -2.24. The Hall–Kier alpha value is -2.13. The minimum atomic E-state index is -0.552. The van der Waals surface area contributed by atoms with Gasteiger partial charge >= 0.3 is 0 Å². The molecule has 0 aromatic heterocycles. The molecule has 1 aromatic carbocycles. The van der Waals surface area contributed by atoms with Crippen molar-refractivity contribution in [2.75, 3.05) is 18.5 Å². The predicted molar refractivity (Wildman–Crippen MR) is 69.9 cm³/mol. The van der Waals surface area contributed by atoms with Crippen molar-refractivity contribution in [3.8, 4) is 6.07 Å². The summed E-state index contributed by atoms with van der Waals surface area (Å²) >= 11 is 0. The molecule has 0 aliphatic carbocycles. The molecule has 0 radical (unpaired) electrons. The van der Waals surface area contributed by atoms with Gasteiger partial charge < -0.3 is 10.1 Å². The first-order chi connectivity index (χ1) is 9.04. The molecule has 0 bridgehead atoms. The van der Waals surface area contributed by atoms with Gasteiger partial charge in [0.1, 0.15) is 11.6 Å². The average Bonchev–Trinajstić information content (AvgIpc) is 2.83. The molecule has 0 amide bonds. The summed E-state index contributed by atoms with van der Waals surface area (Å²) in [4.78, 5) is 10.2. The van der Waals surface area contributed by atoms with Gasteiger partial charge in [-0.2, -0.15) is 5.26 Å². The Morgan fingerprint density at radius 1 is 1.63 bits per heavy atom. The first kappa shape index (κ1) is 13.3. The van der Waals surface area contributed by atoms with Crippen LogP contribution >= 0.6 is 0 Å². The van der Waals surface area contributed by atoms with E-state index in [0.717, 1.165) is 19.4 Å². The largest absolute Gasteiger partial charge is 0.382 e.